The van der Waals surface area contributed by atoms with E-state index in [0.29, 0.717) is 24.4 Å². The van der Waals surface area contributed by atoms with Crippen LogP contribution < -0.4 is 15.8 Å². The van der Waals surface area contributed by atoms with Crippen molar-refractivity contribution in [3.05, 3.63) is 29.8 Å². The topological polar surface area (TPSA) is 84.7 Å². The van der Waals surface area contributed by atoms with Crippen molar-refractivity contribution in [3.8, 4) is 5.75 Å². The van der Waals surface area contributed by atoms with Crippen LogP contribution in [0.2, 0.25) is 0 Å². The smallest absolute Gasteiger partial charge is 0.251 e. The van der Waals surface area contributed by atoms with Gasteiger partial charge in [0, 0.05) is 19.2 Å². The Hall–Kier alpha value is -1.79. The first kappa shape index (κ1) is 24.2. The lowest BCUT2D eigenvalue weighted by Gasteiger charge is -2.32. The van der Waals surface area contributed by atoms with Gasteiger partial charge >= 0.3 is 0 Å². The molecule has 26 heavy (non-hydrogen) atoms. The van der Waals surface area contributed by atoms with Crippen molar-refractivity contribution in [2.75, 3.05) is 27.2 Å². The third kappa shape index (κ3) is 6.84. The molecule has 0 aliphatic heterocycles. The second kappa shape index (κ2) is 10.4. The van der Waals surface area contributed by atoms with Crippen molar-refractivity contribution >= 4 is 24.2 Å². The molecule has 2 amide bonds. The zero-order chi connectivity index (χ0) is 19.2. The van der Waals surface area contributed by atoms with Crippen LogP contribution in [0.5, 0.6) is 5.75 Å². The fourth-order valence-corrected chi connectivity index (χ4v) is 2.50. The van der Waals surface area contributed by atoms with Gasteiger partial charge in [0.15, 0.2) is 0 Å². The van der Waals surface area contributed by atoms with Gasteiger partial charge in [-0.15, -0.1) is 12.4 Å². The molecule has 1 aromatic carbocycles. The number of nitrogens with zero attached hydrogens (tertiary/aromatic N) is 1. The highest BCUT2D eigenvalue weighted by atomic mass is 35.5. The summed E-state index contributed by atoms with van der Waals surface area (Å²) in [5, 5.41) is 2.85. The molecule has 0 heterocycles. The lowest BCUT2D eigenvalue weighted by molar-refractivity contribution is -0.134. The molecule has 148 valence electrons. The van der Waals surface area contributed by atoms with Crippen LogP contribution in [0, 0.1) is 11.3 Å². The van der Waals surface area contributed by atoms with Gasteiger partial charge in [0.2, 0.25) is 5.91 Å². The van der Waals surface area contributed by atoms with E-state index in [1.54, 1.807) is 43.3 Å². The largest absolute Gasteiger partial charge is 0.497 e. The SMILES string of the molecule is COc1ccc(C(=O)NC(C(=O)N(C)CC(C)(C)CN)C(C)C)cc1.Cl. The summed E-state index contributed by atoms with van der Waals surface area (Å²) in [5.41, 5.74) is 6.07. The number of nitrogens with one attached hydrogen (secondary N) is 1. The molecule has 0 spiro atoms. The van der Waals surface area contributed by atoms with E-state index in [1.807, 2.05) is 27.7 Å². The number of halogens is 1. The summed E-state index contributed by atoms with van der Waals surface area (Å²) in [6.45, 7) is 8.87. The Kier molecular flexibility index (Phi) is 9.67. The first-order valence-electron chi connectivity index (χ1n) is 8.51. The third-order valence-electron chi connectivity index (χ3n) is 4.17. The van der Waals surface area contributed by atoms with Crippen LogP contribution in [0.3, 0.4) is 0 Å². The first-order valence-corrected chi connectivity index (χ1v) is 8.51. The number of hydrogen-bond donors (Lipinski definition) is 2. The van der Waals surface area contributed by atoms with E-state index in [2.05, 4.69) is 5.32 Å². The Morgan fingerprint density at radius 3 is 2.19 bits per heavy atom. The van der Waals surface area contributed by atoms with Gasteiger partial charge in [0.1, 0.15) is 11.8 Å². The van der Waals surface area contributed by atoms with Crippen LogP contribution in [0.1, 0.15) is 38.1 Å². The summed E-state index contributed by atoms with van der Waals surface area (Å²) in [4.78, 5) is 26.9. The maximum Gasteiger partial charge on any atom is 0.251 e. The molecule has 0 saturated heterocycles. The number of carbonyl (C=O) groups is 2. The lowest BCUT2D eigenvalue weighted by Crippen LogP contribution is -2.52. The molecule has 0 bridgehead atoms. The number of benzene rings is 1. The number of carbonyl (C=O) groups excluding carboxylic acids is 2. The van der Waals surface area contributed by atoms with Crippen molar-refractivity contribution in [3.63, 3.8) is 0 Å². The Morgan fingerprint density at radius 2 is 1.77 bits per heavy atom. The maximum atomic E-state index is 12.8. The van der Waals surface area contributed by atoms with Gasteiger partial charge in [0.05, 0.1) is 7.11 Å². The number of nitrogens with two attached hydrogens (primary N) is 1. The summed E-state index contributed by atoms with van der Waals surface area (Å²) >= 11 is 0. The molecule has 3 N–H and O–H groups in total. The fraction of sp³-hybridized carbons (Fsp3) is 0.579. The van der Waals surface area contributed by atoms with Gasteiger partial charge in [-0.1, -0.05) is 27.7 Å². The minimum atomic E-state index is -0.590. The van der Waals surface area contributed by atoms with Crippen molar-refractivity contribution in [2.24, 2.45) is 17.1 Å². The standard InChI is InChI=1S/C19H31N3O3.ClH/c1-13(2)16(18(24)22(5)12-19(3,4)11-20)21-17(23)14-7-9-15(25-6)10-8-14;/h7-10,13,16H,11-12,20H2,1-6H3,(H,21,23);1H. The number of methoxy groups -OCH3 is 1. The van der Waals surface area contributed by atoms with Crippen molar-refractivity contribution in [2.45, 2.75) is 33.7 Å². The number of likely N-dealkylation sites (N-methyl/N-ethyl adjacent to an activating group) is 1. The number of hydrogen-bond acceptors (Lipinski definition) is 4. The molecular weight excluding hydrogens is 354 g/mol. The predicted molar refractivity (Wildman–Crippen MR) is 107 cm³/mol. The van der Waals surface area contributed by atoms with E-state index in [9.17, 15) is 9.59 Å². The highest BCUT2D eigenvalue weighted by molar-refractivity contribution is 5.97. The maximum absolute atomic E-state index is 12.8. The van der Waals surface area contributed by atoms with Crippen molar-refractivity contribution in [1.29, 1.82) is 0 Å². The third-order valence-corrected chi connectivity index (χ3v) is 4.17. The average Bonchev–Trinajstić information content (AvgIpc) is 2.58. The van der Waals surface area contributed by atoms with Crippen LogP contribution in [-0.4, -0.2) is 50.0 Å². The molecule has 7 heteroatoms. The van der Waals surface area contributed by atoms with Crippen LogP contribution in [0.25, 0.3) is 0 Å². The molecule has 1 atom stereocenters. The van der Waals surface area contributed by atoms with Crippen LogP contribution in [0.4, 0.5) is 0 Å². The second-order valence-electron chi connectivity index (χ2n) is 7.49. The summed E-state index contributed by atoms with van der Waals surface area (Å²) in [6.07, 6.45) is 0. The van der Waals surface area contributed by atoms with E-state index in [-0.39, 0.29) is 35.6 Å². The fourth-order valence-electron chi connectivity index (χ4n) is 2.50. The number of amides is 2. The molecule has 0 aliphatic carbocycles. The summed E-state index contributed by atoms with van der Waals surface area (Å²) in [7, 11) is 3.32. The van der Waals surface area contributed by atoms with Gasteiger partial charge in [-0.05, 0) is 42.1 Å². The van der Waals surface area contributed by atoms with Crippen LogP contribution >= 0.6 is 12.4 Å². The molecule has 1 rings (SSSR count). The van der Waals surface area contributed by atoms with Crippen LogP contribution in [-0.2, 0) is 4.79 Å². The lowest BCUT2D eigenvalue weighted by atomic mass is 9.92. The normalized spacial score (nSPS) is 12.2. The number of ether oxygens (including phenoxy) is 1. The quantitative estimate of drug-likeness (QED) is 0.719. The van der Waals surface area contributed by atoms with E-state index >= 15 is 0 Å². The van der Waals surface area contributed by atoms with E-state index in [1.165, 1.54) is 0 Å². The minimum absolute atomic E-state index is 0. The van der Waals surface area contributed by atoms with E-state index in [4.69, 9.17) is 10.5 Å². The predicted octanol–water partition coefficient (Wildman–Crippen LogP) is 2.31. The Morgan fingerprint density at radius 1 is 1.23 bits per heavy atom. The Balaban J connectivity index is 0.00000625. The molecule has 1 aromatic rings. The van der Waals surface area contributed by atoms with Gasteiger partial charge < -0.3 is 20.7 Å². The highest BCUT2D eigenvalue weighted by Gasteiger charge is 2.30. The molecule has 0 aliphatic rings. The van der Waals surface area contributed by atoms with Crippen LogP contribution in [0.15, 0.2) is 24.3 Å². The zero-order valence-electron chi connectivity index (χ0n) is 16.5. The van der Waals surface area contributed by atoms with Gasteiger partial charge in [0.25, 0.3) is 5.91 Å². The van der Waals surface area contributed by atoms with Crippen molar-refractivity contribution < 1.29 is 14.3 Å². The second-order valence-corrected chi connectivity index (χ2v) is 7.49. The molecule has 0 saturated carbocycles. The van der Waals surface area contributed by atoms with Gasteiger partial charge in [-0.3, -0.25) is 9.59 Å². The molecular formula is C19H32ClN3O3. The monoisotopic (exact) mass is 385 g/mol. The van der Waals surface area contributed by atoms with E-state index in [0.717, 1.165) is 0 Å². The Bertz CT molecular complexity index is 588. The summed E-state index contributed by atoms with van der Waals surface area (Å²) in [5.74, 6) is 0.259. The first-order chi connectivity index (χ1) is 11.6. The van der Waals surface area contributed by atoms with Gasteiger partial charge in [-0.2, -0.15) is 0 Å². The molecule has 0 fully saturated rings. The molecule has 0 radical (unpaired) electrons. The summed E-state index contributed by atoms with van der Waals surface area (Å²) in [6, 6.07) is 6.20. The Labute approximate surface area is 162 Å². The molecule has 0 aromatic heterocycles. The van der Waals surface area contributed by atoms with Crippen molar-refractivity contribution in [1.82, 2.24) is 10.2 Å². The summed E-state index contributed by atoms with van der Waals surface area (Å²) < 4.78 is 5.09. The molecule has 6 nitrogen and oxygen atoms in total. The van der Waals surface area contributed by atoms with Gasteiger partial charge in [-0.25, -0.2) is 0 Å². The number of rotatable bonds is 8. The average molecular weight is 386 g/mol. The minimum Gasteiger partial charge on any atom is -0.497 e. The van der Waals surface area contributed by atoms with E-state index < -0.39 is 6.04 Å². The zero-order valence-corrected chi connectivity index (χ0v) is 17.4. The molecule has 1 unspecified atom stereocenters. The highest BCUT2D eigenvalue weighted by Crippen LogP contribution is 2.16.